The molecule has 1 amide bonds. The molecule has 2 aromatic carbocycles. The Hall–Kier alpha value is -2.82. The van der Waals surface area contributed by atoms with Gasteiger partial charge in [0.15, 0.2) is 6.61 Å². The van der Waals surface area contributed by atoms with Crippen molar-refractivity contribution in [2.75, 3.05) is 18.6 Å². The fourth-order valence-electron chi connectivity index (χ4n) is 3.22. The second kappa shape index (κ2) is 7.38. The Balaban J connectivity index is 1.65. The van der Waals surface area contributed by atoms with Gasteiger partial charge >= 0.3 is 5.97 Å². The highest BCUT2D eigenvalue weighted by atomic mass is 16.5. The standard InChI is InChI=1S/C20H21NO4/c1-21(17-8-10-18(11-9-17)25-13-19(22)23)20(24)16-7-6-14-4-2-3-5-15(14)12-16/h2-5,8-11,16H,6-7,12-13H2,1H3,(H,22,23). The molecule has 0 fully saturated rings. The van der Waals surface area contributed by atoms with Crippen LogP contribution in [0.5, 0.6) is 5.75 Å². The van der Waals surface area contributed by atoms with E-state index >= 15 is 0 Å². The summed E-state index contributed by atoms with van der Waals surface area (Å²) in [5.41, 5.74) is 3.37. The maximum atomic E-state index is 12.8. The van der Waals surface area contributed by atoms with Gasteiger partial charge in [0.1, 0.15) is 5.75 Å². The van der Waals surface area contributed by atoms with Gasteiger partial charge in [0.05, 0.1) is 0 Å². The third-order valence-electron chi connectivity index (χ3n) is 4.61. The molecular weight excluding hydrogens is 318 g/mol. The molecule has 5 nitrogen and oxygen atoms in total. The van der Waals surface area contributed by atoms with Gasteiger partial charge in [-0.05, 0) is 54.7 Å². The second-order valence-electron chi connectivity index (χ2n) is 6.28. The highest BCUT2D eigenvalue weighted by Gasteiger charge is 2.27. The van der Waals surface area contributed by atoms with Crippen LogP contribution in [0.1, 0.15) is 17.5 Å². The first-order valence-electron chi connectivity index (χ1n) is 8.33. The summed E-state index contributed by atoms with van der Waals surface area (Å²) < 4.78 is 5.12. The lowest BCUT2D eigenvalue weighted by molar-refractivity contribution is -0.139. The third kappa shape index (κ3) is 3.99. The van der Waals surface area contributed by atoms with Crippen LogP contribution >= 0.6 is 0 Å². The molecule has 0 spiro atoms. The van der Waals surface area contributed by atoms with E-state index in [9.17, 15) is 9.59 Å². The molecule has 1 atom stereocenters. The quantitative estimate of drug-likeness (QED) is 0.909. The molecule has 0 saturated heterocycles. The number of anilines is 1. The van der Waals surface area contributed by atoms with Crippen molar-refractivity contribution >= 4 is 17.6 Å². The van der Waals surface area contributed by atoms with Crippen molar-refractivity contribution in [1.29, 1.82) is 0 Å². The van der Waals surface area contributed by atoms with Crippen molar-refractivity contribution in [3.63, 3.8) is 0 Å². The number of fused-ring (bicyclic) bond motifs is 1. The molecule has 0 heterocycles. The number of benzene rings is 2. The number of carbonyl (C=O) groups excluding carboxylic acids is 1. The van der Waals surface area contributed by atoms with E-state index in [0.29, 0.717) is 5.75 Å². The molecule has 130 valence electrons. The Morgan fingerprint density at radius 3 is 2.48 bits per heavy atom. The minimum Gasteiger partial charge on any atom is -0.482 e. The van der Waals surface area contributed by atoms with Gasteiger partial charge in [-0.2, -0.15) is 0 Å². The Morgan fingerprint density at radius 1 is 1.12 bits per heavy atom. The van der Waals surface area contributed by atoms with Gasteiger partial charge in [-0.1, -0.05) is 24.3 Å². The lowest BCUT2D eigenvalue weighted by atomic mass is 9.83. The summed E-state index contributed by atoms with van der Waals surface area (Å²) in [5.74, 6) is -0.455. The van der Waals surface area contributed by atoms with Gasteiger partial charge in [-0.3, -0.25) is 4.79 Å². The molecule has 1 unspecified atom stereocenters. The van der Waals surface area contributed by atoms with E-state index < -0.39 is 5.97 Å². The zero-order valence-corrected chi connectivity index (χ0v) is 14.1. The summed E-state index contributed by atoms with van der Waals surface area (Å²) in [6.45, 7) is -0.379. The molecular formula is C20H21NO4. The molecule has 0 saturated carbocycles. The summed E-state index contributed by atoms with van der Waals surface area (Å²) in [6.07, 6.45) is 2.57. The van der Waals surface area contributed by atoms with Gasteiger partial charge in [0, 0.05) is 18.7 Å². The molecule has 2 aromatic rings. The minimum atomic E-state index is -1.02. The van der Waals surface area contributed by atoms with Crippen LogP contribution in [-0.4, -0.2) is 30.6 Å². The summed E-state index contributed by atoms with van der Waals surface area (Å²) >= 11 is 0. The molecule has 0 aromatic heterocycles. The summed E-state index contributed by atoms with van der Waals surface area (Å²) in [4.78, 5) is 25.0. The maximum Gasteiger partial charge on any atom is 0.341 e. The van der Waals surface area contributed by atoms with Crippen LogP contribution < -0.4 is 9.64 Å². The minimum absolute atomic E-state index is 0.0113. The monoisotopic (exact) mass is 339 g/mol. The molecule has 1 aliphatic rings. The third-order valence-corrected chi connectivity index (χ3v) is 4.61. The number of amides is 1. The fourth-order valence-corrected chi connectivity index (χ4v) is 3.22. The average molecular weight is 339 g/mol. The molecule has 1 N–H and O–H groups in total. The number of aryl methyl sites for hydroxylation is 1. The van der Waals surface area contributed by atoms with E-state index in [-0.39, 0.29) is 18.4 Å². The number of rotatable bonds is 5. The number of carboxylic acids is 1. The van der Waals surface area contributed by atoms with Crippen molar-refractivity contribution in [3.05, 3.63) is 59.7 Å². The highest BCUT2D eigenvalue weighted by Crippen LogP contribution is 2.28. The van der Waals surface area contributed by atoms with Crippen molar-refractivity contribution in [2.24, 2.45) is 5.92 Å². The van der Waals surface area contributed by atoms with Crippen LogP contribution in [0, 0.1) is 5.92 Å². The Kier molecular flexibility index (Phi) is 5.03. The molecule has 3 rings (SSSR count). The van der Waals surface area contributed by atoms with E-state index in [1.807, 2.05) is 12.1 Å². The topological polar surface area (TPSA) is 66.8 Å². The van der Waals surface area contributed by atoms with Crippen molar-refractivity contribution in [2.45, 2.75) is 19.3 Å². The molecule has 25 heavy (non-hydrogen) atoms. The number of carbonyl (C=O) groups is 2. The number of carboxylic acid groups (broad SMARTS) is 1. The van der Waals surface area contributed by atoms with E-state index in [2.05, 4.69) is 12.1 Å². The molecule has 0 aliphatic heterocycles. The Labute approximate surface area is 146 Å². The number of ether oxygens (including phenoxy) is 1. The first kappa shape index (κ1) is 17.0. The molecule has 0 radical (unpaired) electrons. The van der Waals surface area contributed by atoms with Crippen molar-refractivity contribution < 1.29 is 19.4 Å². The number of hydrogen-bond donors (Lipinski definition) is 1. The maximum absolute atomic E-state index is 12.8. The normalized spacial score (nSPS) is 16.0. The van der Waals surface area contributed by atoms with Gasteiger partial charge in [0.2, 0.25) is 5.91 Å². The Morgan fingerprint density at radius 2 is 1.80 bits per heavy atom. The van der Waals surface area contributed by atoms with Gasteiger partial charge in [0.25, 0.3) is 0 Å². The largest absolute Gasteiger partial charge is 0.482 e. The van der Waals surface area contributed by atoms with Crippen LogP contribution in [0.3, 0.4) is 0 Å². The van der Waals surface area contributed by atoms with Gasteiger partial charge < -0.3 is 14.7 Å². The van der Waals surface area contributed by atoms with E-state index in [0.717, 1.165) is 24.9 Å². The number of aliphatic carboxylic acids is 1. The average Bonchev–Trinajstić information content (AvgIpc) is 2.65. The zero-order valence-electron chi connectivity index (χ0n) is 14.1. The van der Waals surface area contributed by atoms with Crippen LogP contribution in [-0.2, 0) is 22.4 Å². The van der Waals surface area contributed by atoms with Crippen LogP contribution in [0.25, 0.3) is 0 Å². The van der Waals surface area contributed by atoms with Crippen LogP contribution in [0.4, 0.5) is 5.69 Å². The van der Waals surface area contributed by atoms with Gasteiger partial charge in [-0.15, -0.1) is 0 Å². The lowest BCUT2D eigenvalue weighted by Gasteiger charge is -2.28. The first-order chi connectivity index (χ1) is 12.0. The fraction of sp³-hybridized carbons (Fsp3) is 0.300. The number of hydrogen-bond acceptors (Lipinski definition) is 3. The number of nitrogens with zero attached hydrogens (tertiary/aromatic N) is 1. The zero-order chi connectivity index (χ0) is 17.8. The predicted octanol–water partition coefficient (Wildman–Crippen LogP) is 2.92. The Bertz CT molecular complexity index is 770. The predicted molar refractivity (Wildman–Crippen MR) is 94.9 cm³/mol. The van der Waals surface area contributed by atoms with E-state index in [1.54, 1.807) is 36.2 Å². The molecule has 1 aliphatic carbocycles. The summed E-state index contributed by atoms with van der Waals surface area (Å²) in [7, 11) is 1.77. The second-order valence-corrected chi connectivity index (χ2v) is 6.28. The smallest absolute Gasteiger partial charge is 0.341 e. The lowest BCUT2D eigenvalue weighted by Crippen LogP contribution is -2.35. The van der Waals surface area contributed by atoms with Gasteiger partial charge in [-0.25, -0.2) is 4.79 Å². The SMILES string of the molecule is CN(C(=O)C1CCc2ccccc2C1)c1ccc(OCC(=O)O)cc1. The van der Waals surface area contributed by atoms with Crippen molar-refractivity contribution in [3.8, 4) is 5.75 Å². The van der Waals surface area contributed by atoms with Crippen LogP contribution in [0.2, 0.25) is 0 Å². The summed E-state index contributed by atoms with van der Waals surface area (Å²) in [5, 5.41) is 8.63. The van der Waals surface area contributed by atoms with E-state index in [4.69, 9.17) is 9.84 Å². The van der Waals surface area contributed by atoms with Crippen LogP contribution in [0.15, 0.2) is 48.5 Å². The summed E-state index contributed by atoms with van der Waals surface area (Å²) in [6, 6.07) is 15.2. The van der Waals surface area contributed by atoms with Crippen molar-refractivity contribution in [1.82, 2.24) is 0 Å². The first-order valence-corrected chi connectivity index (χ1v) is 8.33. The highest BCUT2D eigenvalue weighted by molar-refractivity contribution is 5.94. The van der Waals surface area contributed by atoms with E-state index in [1.165, 1.54) is 11.1 Å². The molecule has 0 bridgehead atoms. The molecule has 5 heteroatoms.